The molecule has 0 atom stereocenters. The Balaban J connectivity index is 3.45. The average molecular weight is 202 g/mol. The van der Waals surface area contributed by atoms with E-state index in [4.69, 9.17) is 0 Å². The van der Waals surface area contributed by atoms with Crippen LogP contribution < -0.4 is 0 Å². The summed E-state index contributed by atoms with van der Waals surface area (Å²) in [5.41, 5.74) is 0. The molecule has 0 bridgehead atoms. The first-order valence-electron chi connectivity index (χ1n) is 4.29. The topological polar surface area (TPSA) is 61.8 Å². The predicted molar refractivity (Wildman–Crippen MR) is 48.1 cm³/mol. The first kappa shape index (κ1) is 12.6. The second-order valence-electron chi connectivity index (χ2n) is 2.33. The third-order valence-electron chi connectivity index (χ3n) is 1.17. The van der Waals surface area contributed by atoms with E-state index in [0.717, 1.165) is 0 Å². The van der Waals surface area contributed by atoms with Crippen molar-refractivity contribution in [2.45, 2.75) is 19.8 Å². The van der Waals surface area contributed by atoms with Gasteiger partial charge in [-0.25, -0.2) is 4.79 Å². The van der Waals surface area contributed by atoms with Crippen LogP contribution in [0.5, 0.6) is 0 Å². The Labute approximate surface area is 82.6 Å². The highest BCUT2D eigenvalue weighted by molar-refractivity contribution is 5.77. The molecule has 0 heterocycles. The zero-order valence-corrected chi connectivity index (χ0v) is 8.15. The van der Waals surface area contributed by atoms with Crippen LogP contribution in [-0.4, -0.2) is 25.2 Å². The molecule has 0 aromatic heterocycles. The highest BCUT2D eigenvalue weighted by Gasteiger charge is 2.08. The molecule has 80 valence electrons. The van der Waals surface area contributed by atoms with E-state index in [1.165, 1.54) is 6.08 Å². The average Bonchev–Trinajstić information content (AvgIpc) is 2.20. The maximum absolute atomic E-state index is 10.9. The summed E-state index contributed by atoms with van der Waals surface area (Å²) in [6.07, 6.45) is 1.39. The van der Waals surface area contributed by atoms with Crippen LogP contribution in [0.2, 0.25) is 0 Å². The Morgan fingerprint density at radius 3 is 2.50 bits per heavy atom. The minimum atomic E-state index is -0.581. The lowest BCUT2D eigenvalue weighted by Gasteiger charge is -2.01. The van der Waals surface area contributed by atoms with E-state index in [9.17, 15) is 9.59 Å². The molecule has 0 spiro atoms. The van der Waals surface area contributed by atoms with Gasteiger partial charge < -0.3 is 4.74 Å². The number of esters is 1. The lowest BCUT2D eigenvalue weighted by atomic mass is 10.3. The number of carbonyl (C=O) groups excluding carboxylic acids is 2. The molecular weight excluding hydrogens is 188 g/mol. The lowest BCUT2D eigenvalue weighted by Crippen LogP contribution is -2.10. The van der Waals surface area contributed by atoms with Crippen LogP contribution in [0.3, 0.4) is 0 Å². The van der Waals surface area contributed by atoms with Gasteiger partial charge >= 0.3 is 11.9 Å². The van der Waals surface area contributed by atoms with E-state index in [1.807, 2.05) is 0 Å². The monoisotopic (exact) mass is 202 g/mol. The van der Waals surface area contributed by atoms with Gasteiger partial charge in [0.25, 0.3) is 0 Å². The van der Waals surface area contributed by atoms with Crippen molar-refractivity contribution in [1.29, 1.82) is 0 Å². The third-order valence-corrected chi connectivity index (χ3v) is 1.17. The van der Waals surface area contributed by atoms with Crippen LogP contribution in [-0.2, 0) is 24.1 Å². The van der Waals surface area contributed by atoms with Crippen molar-refractivity contribution < 1.29 is 24.1 Å². The molecule has 0 unspecified atom stereocenters. The Kier molecular flexibility index (Phi) is 7.45. The van der Waals surface area contributed by atoms with Gasteiger partial charge in [0, 0.05) is 0 Å². The number of ether oxygens (including phenoxy) is 1. The molecular formula is C9H14O5. The molecule has 0 aliphatic carbocycles. The van der Waals surface area contributed by atoms with Crippen molar-refractivity contribution >= 4 is 11.9 Å². The maximum Gasteiger partial charge on any atom is 0.342 e. The Bertz CT molecular complexity index is 199. The minimum absolute atomic E-state index is 0.0141. The summed E-state index contributed by atoms with van der Waals surface area (Å²) in [5, 5.41) is 0. The van der Waals surface area contributed by atoms with Gasteiger partial charge in [0.15, 0.2) is 0 Å². The molecule has 0 N–H and O–H groups in total. The molecule has 0 aliphatic rings. The molecule has 0 amide bonds. The Morgan fingerprint density at radius 1 is 1.29 bits per heavy atom. The summed E-state index contributed by atoms with van der Waals surface area (Å²) in [4.78, 5) is 30.3. The van der Waals surface area contributed by atoms with Crippen molar-refractivity contribution in [3.8, 4) is 0 Å². The zero-order chi connectivity index (χ0) is 10.8. The largest absolute Gasteiger partial charge is 0.461 e. The first-order valence-corrected chi connectivity index (χ1v) is 4.29. The normalized spacial score (nSPS) is 9.21. The van der Waals surface area contributed by atoms with E-state index in [1.54, 1.807) is 6.92 Å². The van der Waals surface area contributed by atoms with Crippen LogP contribution in [0.4, 0.5) is 0 Å². The molecule has 0 aromatic rings. The van der Waals surface area contributed by atoms with E-state index in [-0.39, 0.29) is 26.1 Å². The summed E-state index contributed by atoms with van der Waals surface area (Å²) in [6, 6.07) is 0. The highest BCUT2D eigenvalue weighted by atomic mass is 17.2. The van der Waals surface area contributed by atoms with E-state index >= 15 is 0 Å². The predicted octanol–water partition coefficient (Wildman–Crippen LogP) is 0.990. The second-order valence-corrected chi connectivity index (χ2v) is 2.33. The summed E-state index contributed by atoms with van der Waals surface area (Å²) in [7, 11) is 0. The number of hydrogen-bond donors (Lipinski definition) is 0. The van der Waals surface area contributed by atoms with Crippen LogP contribution in [0.25, 0.3) is 0 Å². The first-order chi connectivity index (χ1) is 6.70. The molecule has 0 rings (SSSR count). The van der Waals surface area contributed by atoms with Crippen molar-refractivity contribution in [2.75, 3.05) is 13.2 Å². The van der Waals surface area contributed by atoms with Gasteiger partial charge in [-0.2, -0.15) is 4.89 Å². The molecule has 0 saturated carbocycles. The summed E-state index contributed by atoms with van der Waals surface area (Å²) >= 11 is 0. The fraction of sp³-hybridized carbons (Fsp3) is 0.556. The van der Waals surface area contributed by atoms with Crippen LogP contribution in [0.15, 0.2) is 12.7 Å². The van der Waals surface area contributed by atoms with Crippen molar-refractivity contribution in [3.63, 3.8) is 0 Å². The van der Waals surface area contributed by atoms with Gasteiger partial charge in [0.1, 0.15) is 6.61 Å². The second kappa shape index (κ2) is 8.25. The molecule has 14 heavy (non-hydrogen) atoms. The zero-order valence-electron chi connectivity index (χ0n) is 8.15. The molecule has 0 radical (unpaired) electrons. The van der Waals surface area contributed by atoms with Gasteiger partial charge in [-0.3, -0.25) is 9.68 Å². The molecule has 0 fully saturated rings. The molecule has 5 heteroatoms. The van der Waals surface area contributed by atoms with Gasteiger partial charge in [-0.15, -0.1) is 0 Å². The molecule has 5 nitrogen and oxygen atoms in total. The number of rotatable bonds is 7. The summed E-state index contributed by atoms with van der Waals surface area (Å²) < 4.78 is 4.64. The van der Waals surface area contributed by atoms with Crippen LogP contribution in [0.1, 0.15) is 19.8 Å². The molecule has 0 saturated heterocycles. The number of carbonyl (C=O) groups is 2. The van der Waals surface area contributed by atoms with Gasteiger partial charge in [-0.05, 0) is 6.92 Å². The van der Waals surface area contributed by atoms with E-state index < -0.39 is 11.9 Å². The van der Waals surface area contributed by atoms with Crippen molar-refractivity contribution in [2.24, 2.45) is 0 Å². The quantitative estimate of drug-likeness (QED) is 0.266. The Morgan fingerprint density at radius 2 is 1.93 bits per heavy atom. The number of hydrogen-bond acceptors (Lipinski definition) is 5. The summed E-state index contributed by atoms with van der Waals surface area (Å²) in [6.45, 7) is 5.50. The lowest BCUT2D eigenvalue weighted by molar-refractivity contribution is -0.269. The van der Waals surface area contributed by atoms with Crippen molar-refractivity contribution in [3.05, 3.63) is 12.7 Å². The van der Waals surface area contributed by atoms with Crippen LogP contribution >= 0.6 is 0 Å². The fourth-order valence-corrected chi connectivity index (χ4v) is 0.594. The van der Waals surface area contributed by atoms with Gasteiger partial charge in [-0.1, -0.05) is 12.7 Å². The third kappa shape index (κ3) is 7.30. The standard InChI is InChI=1S/C9H14O5/c1-3-7-12-8(10)5-6-9(11)14-13-4-2/h3H,1,4-7H2,2H3. The fourth-order valence-electron chi connectivity index (χ4n) is 0.594. The highest BCUT2D eigenvalue weighted by Crippen LogP contribution is 1.96. The van der Waals surface area contributed by atoms with Gasteiger partial charge in [0.05, 0.1) is 19.4 Å². The SMILES string of the molecule is C=CCOC(=O)CCC(=O)OOCC. The smallest absolute Gasteiger partial charge is 0.342 e. The van der Waals surface area contributed by atoms with Gasteiger partial charge in [0.2, 0.25) is 0 Å². The summed E-state index contributed by atoms with van der Waals surface area (Å²) in [5.74, 6) is -1.04. The maximum atomic E-state index is 10.9. The van der Waals surface area contributed by atoms with Crippen molar-refractivity contribution in [1.82, 2.24) is 0 Å². The minimum Gasteiger partial charge on any atom is -0.461 e. The van der Waals surface area contributed by atoms with Crippen LogP contribution in [0, 0.1) is 0 Å². The van der Waals surface area contributed by atoms with E-state index in [2.05, 4.69) is 21.1 Å². The Hall–Kier alpha value is -1.36. The molecule has 0 aromatic carbocycles. The molecule has 0 aliphatic heterocycles. The van der Waals surface area contributed by atoms with E-state index in [0.29, 0.717) is 0 Å².